The molecule has 2 aromatic carbocycles. The predicted octanol–water partition coefficient (Wildman–Crippen LogP) is 8.79. The summed E-state index contributed by atoms with van der Waals surface area (Å²) < 4.78 is 33.7. The molecule has 4 rings (SSSR count). The second-order valence-corrected chi connectivity index (χ2v) is 10.1. The van der Waals surface area contributed by atoms with Crippen LogP contribution in [0.2, 0.25) is 0 Å². The first kappa shape index (κ1) is 22.6. The van der Waals surface area contributed by atoms with Gasteiger partial charge in [0.15, 0.2) is 11.6 Å². The molecule has 3 heteroatoms. The number of ether oxygens (including phenoxy) is 1. The minimum Gasteiger partial charge on any atom is -0.494 e. The van der Waals surface area contributed by atoms with Crippen molar-refractivity contribution in [2.24, 2.45) is 17.8 Å². The Balaban J connectivity index is 1.34. The molecule has 0 unspecified atom stereocenters. The number of unbranched alkanes of at least 4 members (excludes halogenated alkanes) is 2. The highest BCUT2D eigenvalue weighted by Gasteiger charge is 2.31. The molecule has 0 radical (unpaired) electrons. The van der Waals surface area contributed by atoms with E-state index in [-0.39, 0.29) is 5.75 Å². The quantitative estimate of drug-likeness (QED) is 0.400. The van der Waals surface area contributed by atoms with E-state index >= 15 is 0 Å². The summed E-state index contributed by atoms with van der Waals surface area (Å²) in [5.41, 5.74) is 1.16. The standard InChI is InChI=1S/C28H38F2O/c1-3-4-5-6-19-7-9-20(10-8-19)21-11-13-22(14-12-21)23-15-16-24-18-26(31-2)28(30)27(29)25(24)17-23/h15-22H,3-14H2,1-2H3. The SMILES string of the molecule is CCCCCC1CCC(C2CCC(c3ccc4cc(OC)c(F)c(F)c4c3)CC2)CC1. The summed E-state index contributed by atoms with van der Waals surface area (Å²) in [6.45, 7) is 2.29. The van der Waals surface area contributed by atoms with Crippen molar-refractivity contribution in [3.05, 3.63) is 41.5 Å². The number of methoxy groups -OCH3 is 1. The van der Waals surface area contributed by atoms with Crippen molar-refractivity contribution < 1.29 is 13.5 Å². The van der Waals surface area contributed by atoms with E-state index in [1.807, 2.05) is 12.1 Å². The molecule has 2 aromatic rings. The van der Waals surface area contributed by atoms with Gasteiger partial charge >= 0.3 is 0 Å². The highest BCUT2D eigenvalue weighted by Crippen LogP contribution is 2.45. The first-order chi connectivity index (χ1) is 15.1. The lowest BCUT2D eigenvalue weighted by Gasteiger charge is -2.38. The van der Waals surface area contributed by atoms with Crippen LogP contribution in [0.5, 0.6) is 5.75 Å². The van der Waals surface area contributed by atoms with Crippen LogP contribution in [0.1, 0.15) is 95.5 Å². The lowest BCUT2D eigenvalue weighted by Crippen LogP contribution is -2.25. The van der Waals surface area contributed by atoms with Crippen LogP contribution in [0.15, 0.2) is 24.3 Å². The van der Waals surface area contributed by atoms with Gasteiger partial charge in [-0.2, -0.15) is 4.39 Å². The van der Waals surface area contributed by atoms with Crippen LogP contribution < -0.4 is 4.74 Å². The van der Waals surface area contributed by atoms with Gasteiger partial charge in [0.1, 0.15) is 0 Å². The lowest BCUT2D eigenvalue weighted by atomic mass is 9.68. The second-order valence-electron chi connectivity index (χ2n) is 10.1. The van der Waals surface area contributed by atoms with Gasteiger partial charge in [0.05, 0.1) is 7.11 Å². The lowest BCUT2D eigenvalue weighted by molar-refractivity contribution is 0.155. The third-order valence-electron chi connectivity index (χ3n) is 8.25. The summed E-state index contributed by atoms with van der Waals surface area (Å²) in [7, 11) is 1.37. The Kier molecular flexibility index (Phi) is 7.51. The molecule has 0 N–H and O–H groups in total. The maximum Gasteiger partial charge on any atom is 0.201 e. The van der Waals surface area contributed by atoms with E-state index < -0.39 is 11.6 Å². The molecule has 2 aliphatic rings. The highest BCUT2D eigenvalue weighted by atomic mass is 19.2. The summed E-state index contributed by atoms with van der Waals surface area (Å²) in [5.74, 6) is 1.52. The normalized spacial score (nSPS) is 26.8. The average Bonchev–Trinajstić information content (AvgIpc) is 2.82. The third kappa shape index (κ3) is 5.07. The Morgan fingerprint density at radius 1 is 0.839 bits per heavy atom. The molecule has 31 heavy (non-hydrogen) atoms. The zero-order valence-electron chi connectivity index (χ0n) is 19.3. The van der Waals surface area contributed by atoms with E-state index in [0.29, 0.717) is 16.7 Å². The van der Waals surface area contributed by atoms with Crippen LogP contribution in [0.3, 0.4) is 0 Å². The van der Waals surface area contributed by atoms with E-state index in [4.69, 9.17) is 4.74 Å². The minimum absolute atomic E-state index is 0.0293. The molecular weight excluding hydrogens is 390 g/mol. The second kappa shape index (κ2) is 10.3. The Morgan fingerprint density at radius 2 is 1.52 bits per heavy atom. The van der Waals surface area contributed by atoms with Gasteiger partial charge in [-0.25, -0.2) is 4.39 Å². The number of hydrogen-bond acceptors (Lipinski definition) is 1. The summed E-state index contributed by atoms with van der Waals surface area (Å²) >= 11 is 0. The van der Waals surface area contributed by atoms with Crippen molar-refractivity contribution in [3.63, 3.8) is 0 Å². The molecule has 0 aliphatic heterocycles. The number of benzene rings is 2. The Hall–Kier alpha value is -1.64. The Labute approximate surface area is 186 Å². The molecule has 2 saturated carbocycles. The fourth-order valence-corrected chi connectivity index (χ4v) is 6.28. The number of rotatable bonds is 7. The summed E-state index contributed by atoms with van der Waals surface area (Å²) in [6, 6.07) is 7.49. The zero-order chi connectivity index (χ0) is 21.8. The molecule has 0 aromatic heterocycles. The fraction of sp³-hybridized carbons (Fsp3) is 0.643. The van der Waals surface area contributed by atoms with Gasteiger partial charge in [-0.05, 0) is 85.3 Å². The van der Waals surface area contributed by atoms with Crippen molar-refractivity contribution in [1.29, 1.82) is 0 Å². The zero-order valence-corrected chi connectivity index (χ0v) is 19.3. The minimum atomic E-state index is -0.888. The van der Waals surface area contributed by atoms with Gasteiger partial charge in [-0.1, -0.05) is 57.6 Å². The topological polar surface area (TPSA) is 9.23 Å². The van der Waals surface area contributed by atoms with E-state index in [1.165, 1.54) is 84.2 Å². The molecule has 0 atom stereocenters. The van der Waals surface area contributed by atoms with Gasteiger partial charge < -0.3 is 4.74 Å². The Morgan fingerprint density at radius 3 is 2.16 bits per heavy atom. The molecule has 0 bridgehead atoms. The molecule has 0 spiro atoms. The smallest absolute Gasteiger partial charge is 0.201 e. The van der Waals surface area contributed by atoms with Crippen molar-refractivity contribution in [1.82, 2.24) is 0 Å². The van der Waals surface area contributed by atoms with E-state index in [9.17, 15) is 8.78 Å². The van der Waals surface area contributed by atoms with Gasteiger partial charge in [0.25, 0.3) is 0 Å². The first-order valence-electron chi connectivity index (χ1n) is 12.6. The average molecular weight is 429 g/mol. The monoisotopic (exact) mass is 428 g/mol. The van der Waals surface area contributed by atoms with Crippen LogP contribution in [-0.4, -0.2) is 7.11 Å². The van der Waals surface area contributed by atoms with Crippen molar-refractivity contribution >= 4 is 10.8 Å². The van der Waals surface area contributed by atoms with Crippen LogP contribution in [-0.2, 0) is 0 Å². The van der Waals surface area contributed by atoms with Crippen LogP contribution in [0.25, 0.3) is 10.8 Å². The number of fused-ring (bicyclic) bond motifs is 1. The molecule has 1 nitrogen and oxygen atoms in total. The van der Waals surface area contributed by atoms with Crippen LogP contribution in [0.4, 0.5) is 8.78 Å². The molecule has 0 saturated heterocycles. The van der Waals surface area contributed by atoms with Crippen LogP contribution in [0, 0.1) is 29.4 Å². The molecule has 0 heterocycles. The Bertz CT molecular complexity index is 861. The number of hydrogen-bond donors (Lipinski definition) is 0. The summed E-state index contributed by atoms with van der Waals surface area (Å²) in [6.07, 6.45) is 16.2. The summed E-state index contributed by atoms with van der Waals surface area (Å²) in [5, 5.41) is 1.07. The van der Waals surface area contributed by atoms with Crippen molar-refractivity contribution in [3.8, 4) is 5.75 Å². The first-order valence-corrected chi connectivity index (χ1v) is 12.6. The third-order valence-corrected chi connectivity index (χ3v) is 8.25. The van der Waals surface area contributed by atoms with Crippen molar-refractivity contribution in [2.45, 2.75) is 89.9 Å². The van der Waals surface area contributed by atoms with Gasteiger partial charge in [0.2, 0.25) is 5.82 Å². The molecule has 2 fully saturated rings. The van der Waals surface area contributed by atoms with Gasteiger partial charge in [-0.15, -0.1) is 0 Å². The van der Waals surface area contributed by atoms with Gasteiger partial charge in [0, 0.05) is 5.39 Å². The largest absolute Gasteiger partial charge is 0.494 e. The van der Waals surface area contributed by atoms with Crippen LogP contribution >= 0.6 is 0 Å². The molecule has 0 amide bonds. The van der Waals surface area contributed by atoms with E-state index in [2.05, 4.69) is 13.0 Å². The number of halogens is 2. The van der Waals surface area contributed by atoms with E-state index in [0.717, 1.165) is 23.3 Å². The van der Waals surface area contributed by atoms with Gasteiger partial charge in [-0.3, -0.25) is 0 Å². The predicted molar refractivity (Wildman–Crippen MR) is 125 cm³/mol. The maximum atomic E-state index is 14.6. The fourth-order valence-electron chi connectivity index (χ4n) is 6.28. The van der Waals surface area contributed by atoms with Crippen molar-refractivity contribution in [2.75, 3.05) is 7.11 Å². The molecular formula is C28H38F2O. The maximum absolute atomic E-state index is 14.6. The van der Waals surface area contributed by atoms with E-state index in [1.54, 1.807) is 6.07 Å². The molecule has 2 aliphatic carbocycles. The summed E-state index contributed by atoms with van der Waals surface area (Å²) in [4.78, 5) is 0. The molecule has 170 valence electrons. The highest BCUT2D eigenvalue weighted by molar-refractivity contribution is 5.85.